The van der Waals surface area contributed by atoms with Crippen LogP contribution in [0.15, 0.2) is 39.8 Å². The van der Waals surface area contributed by atoms with Crippen molar-refractivity contribution in [2.24, 2.45) is 5.14 Å². The van der Waals surface area contributed by atoms with Gasteiger partial charge in [-0.2, -0.15) is 0 Å². The van der Waals surface area contributed by atoms with Crippen molar-refractivity contribution in [3.8, 4) is 11.3 Å². The van der Waals surface area contributed by atoms with Crippen molar-refractivity contribution in [1.29, 1.82) is 0 Å². The van der Waals surface area contributed by atoms with Gasteiger partial charge >= 0.3 is 0 Å². The molecule has 0 atom stereocenters. The number of nitrogens with one attached hydrogen (secondary N) is 1. The number of anilines is 3. The molecule has 1 aromatic heterocycles. The van der Waals surface area contributed by atoms with Crippen LogP contribution in [0.3, 0.4) is 0 Å². The van der Waals surface area contributed by atoms with Crippen LogP contribution < -0.4 is 16.2 Å². The van der Waals surface area contributed by atoms with Crippen LogP contribution in [-0.4, -0.2) is 13.6 Å². The van der Waals surface area contributed by atoms with E-state index in [1.807, 2.05) is 6.07 Å². The summed E-state index contributed by atoms with van der Waals surface area (Å²) in [6.07, 6.45) is 0. The van der Waals surface area contributed by atoms with E-state index in [9.17, 15) is 17.2 Å². The van der Waals surface area contributed by atoms with Gasteiger partial charge in [0.25, 0.3) is 0 Å². The van der Waals surface area contributed by atoms with Crippen LogP contribution in [0.25, 0.3) is 11.3 Å². The molecular weight excluding hydrogens is 493 g/mol. The van der Waals surface area contributed by atoms with Gasteiger partial charge in [0.2, 0.25) is 10.0 Å². The first kappa shape index (κ1) is 19.5. The fraction of sp³-hybridized carbons (Fsp3) is 0.0625. The van der Waals surface area contributed by atoms with Gasteiger partial charge in [-0.1, -0.05) is 5.16 Å². The molecule has 7 nitrogen and oxygen atoms in total. The number of primary sulfonamides is 1. The van der Waals surface area contributed by atoms with Crippen LogP contribution in [0.4, 0.5) is 26.0 Å². The van der Waals surface area contributed by atoms with Crippen molar-refractivity contribution < 1.29 is 21.7 Å². The molecule has 0 spiro atoms. The molecule has 5 N–H and O–H groups in total. The zero-order valence-corrected chi connectivity index (χ0v) is 16.7. The molecule has 0 saturated carbocycles. The van der Waals surface area contributed by atoms with E-state index < -0.39 is 26.6 Å². The number of hydrogen-bond donors (Lipinski definition) is 3. The third-order valence-electron chi connectivity index (χ3n) is 3.72. The minimum absolute atomic E-state index is 0.0108. The molecule has 0 amide bonds. The number of hydrogen-bond acceptors (Lipinski definition) is 6. The molecule has 3 rings (SSSR count). The fourth-order valence-corrected chi connectivity index (χ4v) is 3.71. The number of nitrogens with zero attached hydrogens (tertiary/aromatic N) is 1. The molecule has 11 heteroatoms. The molecule has 0 aliphatic rings. The van der Waals surface area contributed by atoms with E-state index in [2.05, 4.69) is 33.1 Å². The van der Waals surface area contributed by atoms with Gasteiger partial charge in [0.1, 0.15) is 4.90 Å². The fourth-order valence-electron chi connectivity index (χ4n) is 2.44. The Balaban J connectivity index is 2.27. The van der Waals surface area contributed by atoms with E-state index >= 15 is 0 Å². The van der Waals surface area contributed by atoms with Crippen molar-refractivity contribution in [1.82, 2.24) is 5.16 Å². The Labute approximate surface area is 166 Å². The molecule has 0 unspecified atom stereocenters. The van der Waals surface area contributed by atoms with Crippen LogP contribution >= 0.6 is 22.6 Å². The maximum atomic E-state index is 14.8. The number of rotatable bonds is 4. The number of nitrogens with two attached hydrogens (primary N) is 2. The highest BCUT2D eigenvalue weighted by Crippen LogP contribution is 2.38. The zero-order valence-electron chi connectivity index (χ0n) is 13.8. The Hall–Kier alpha value is -2.25. The molecule has 2 aromatic carbocycles. The summed E-state index contributed by atoms with van der Waals surface area (Å²) in [4.78, 5) is -1.00. The van der Waals surface area contributed by atoms with Gasteiger partial charge in [-0.15, -0.1) is 0 Å². The molecule has 1 heterocycles. The molecule has 3 aromatic rings. The van der Waals surface area contributed by atoms with E-state index in [1.165, 1.54) is 6.07 Å². The number of aromatic nitrogens is 1. The lowest BCUT2D eigenvalue weighted by molar-refractivity contribution is 0.434. The van der Waals surface area contributed by atoms with Gasteiger partial charge in [-0.25, -0.2) is 22.3 Å². The number of benzene rings is 2. The van der Waals surface area contributed by atoms with Crippen molar-refractivity contribution in [3.05, 3.63) is 51.1 Å². The maximum Gasteiger partial charge on any atom is 0.241 e. The SMILES string of the molecule is Cc1cc(I)ccc1Nc1c(-c2cc(N)no2)cc(S(N)(=O)=O)c(F)c1F. The molecule has 0 saturated heterocycles. The molecular formula is C16H13F2IN4O3S. The number of sulfonamides is 1. The summed E-state index contributed by atoms with van der Waals surface area (Å²) in [5.41, 5.74) is 6.34. The predicted octanol–water partition coefficient (Wildman–Crippen LogP) is 3.51. The normalized spacial score (nSPS) is 11.6. The van der Waals surface area contributed by atoms with Gasteiger partial charge in [0, 0.05) is 20.9 Å². The molecule has 0 bridgehead atoms. The quantitative estimate of drug-likeness (QED) is 0.466. The number of nitrogen functional groups attached to an aromatic ring is 1. The third kappa shape index (κ3) is 3.89. The highest BCUT2D eigenvalue weighted by molar-refractivity contribution is 14.1. The van der Waals surface area contributed by atoms with E-state index in [4.69, 9.17) is 15.4 Å². The highest BCUT2D eigenvalue weighted by Gasteiger charge is 2.27. The van der Waals surface area contributed by atoms with Crippen LogP contribution in [0.5, 0.6) is 0 Å². The second-order valence-corrected chi connectivity index (χ2v) is 8.45. The van der Waals surface area contributed by atoms with E-state index in [-0.39, 0.29) is 22.8 Å². The topological polar surface area (TPSA) is 124 Å². The first-order valence-corrected chi connectivity index (χ1v) is 10.0. The molecule has 142 valence electrons. The Morgan fingerprint density at radius 3 is 2.44 bits per heavy atom. The van der Waals surface area contributed by atoms with Gasteiger partial charge in [0.05, 0.1) is 5.69 Å². The monoisotopic (exact) mass is 506 g/mol. The summed E-state index contributed by atoms with van der Waals surface area (Å²) in [7, 11) is -4.52. The summed E-state index contributed by atoms with van der Waals surface area (Å²) >= 11 is 2.12. The number of halogens is 3. The van der Waals surface area contributed by atoms with Crippen LogP contribution in [0, 0.1) is 22.1 Å². The zero-order chi connectivity index (χ0) is 19.9. The second kappa shape index (κ2) is 7.05. The molecule has 27 heavy (non-hydrogen) atoms. The van der Waals surface area contributed by atoms with Gasteiger partial charge in [-0.05, 0) is 59.3 Å². The minimum Gasteiger partial charge on any atom is -0.381 e. The Bertz CT molecular complexity index is 1150. The summed E-state index contributed by atoms with van der Waals surface area (Å²) in [5, 5.41) is 11.3. The summed E-state index contributed by atoms with van der Waals surface area (Å²) in [6.45, 7) is 1.78. The summed E-state index contributed by atoms with van der Waals surface area (Å²) in [6, 6.07) is 7.42. The lowest BCUT2D eigenvalue weighted by Gasteiger charge is -2.16. The van der Waals surface area contributed by atoms with E-state index in [1.54, 1.807) is 19.1 Å². The standard InChI is InChI=1S/C16H13F2IN4O3S/c1-7-4-8(19)2-3-10(7)22-16-9(11-6-13(20)23-26-11)5-12(27(21,24)25)14(17)15(16)18/h2-6,22H,1H3,(H2,20,23)(H2,21,24,25). The van der Waals surface area contributed by atoms with Crippen molar-refractivity contribution >= 4 is 49.8 Å². The number of aryl methyl sites for hydroxylation is 1. The van der Waals surface area contributed by atoms with Gasteiger partial charge < -0.3 is 15.6 Å². The summed E-state index contributed by atoms with van der Waals surface area (Å²) in [5.74, 6) is -3.09. The average molecular weight is 506 g/mol. The molecule has 0 aliphatic heterocycles. The molecule has 0 fully saturated rings. The van der Waals surface area contributed by atoms with Crippen LogP contribution in [0.2, 0.25) is 0 Å². The highest BCUT2D eigenvalue weighted by atomic mass is 127. The van der Waals surface area contributed by atoms with Gasteiger partial charge in [-0.3, -0.25) is 0 Å². The van der Waals surface area contributed by atoms with Crippen LogP contribution in [-0.2, 0) is 10.0 Å². The maximum absolute atomic E-state index is 14.8. The van der Waals surface area contributed by atoms with Crippen molar-refractivity contribution in [2.75, 3.05) is 11.1 Å². The Morgan fingerprint density at radius 2 is 1.89 bits per heavy atom. The van der Waals surface area contributed by atoms with Crippen molar-refractivity contribution in [2.45, 2.75) is 11.8 Å². The van der Waals surface area contributed by atoms with Gasteiger partial charge in [0.15, 0.2) is 23.2 Å². The van der Waals surface area contributed by atoms with Crippen LogP contribution in [0.1, 0.15) is 5.56 Å². The first-order chi connectivity index (χ1) is 12.6. The lowest BCUT2D eigenvalue weighted by atomic mass is 10.1. The van der Waals surface area contributed by atoms with E-state index in [0.717, 1.165) is 15.2 Å². The summed E-state index contributed by atoms with van der Waals surface area (Å²) < 4.78 is 58.4. The Kier molecular flexibility index (Phi) is 5.10. The van der Waals surface area contributed by atoms with E-state index in [0.29, 0.717) is 5.69 Å². The predicted molar refractivity (Wildman–Crippen MR) is 105 cm³/mol. The second-order valence-electron chi connectivity index (χ2n) is 5.67. The third-order valence-corrected chi connectivity index (χ3v) is 5.30. The Morgan fingerprint density at radius 1 is 1.19 bits per heavy atom. The molecule has 0 radical (unpaired) electrons. The molecule has 0 aliphatic carbocycles. The van der Waals surface area contributed by atoms with Crippen molar-refractivity contribution in [3.63, 3.8) is 0 Å². The average Bonchev–Trinajstić information content (AvgIpc) is 2.99. The minimum atomic E-state index is -4.52. The largest absolute Gasteiger partial charge is 0.381 e. The first-order valence-electron chi connectivity index (χ1n) is 7.38. The smallest absolute Gasteiger partial charge is 0.241 e. The lowest BCUT2D eigenvalue weighted by Crippen LogP contribution is -2.16.